The molecule has 0 aliphatic carbocycles. The molecule has 0 aliphatic rings. The van der Waals surface area contributed by atoms with Gasteiger partial charge in [0.2, 0.25) is 0 Å². The van der Waals surface area contributed by atoms with E-state index in [1.54, 1.807) is 4.68 Å². The van der Waals surface area contributed by atoms with E-state index in [0.717, 1.165) is 22.5 Å². The van der Waals surface area contributed by atoms with E-state index in [0.29, 0.717) is 11.6 Å². The van der Waals surface area contributed by atoms with Gasteiger partial charge >= 0.3 is 0 Å². The minimum Gasteiger partial charge on any atom is -0.396 e. The van der Waals surface area contributed by atoms with Crippen LogP contribution in [0.2, 0.25) is 5.15 Å². The van der Waals surface area contributed by atoms with Gasteiger partial charge in [-0.2, -0.15) is 5.10 Å². The van der Waals surface area contributed by atoms with Crippen LogP contribution in [0, 0.1) is 13.8 Å². The molecular formula is C13H15ClN2O. The average molecular weight is 251 g/mol. The third-order valence-corrected chi connectivity index (χ3v) is 3.22. The number of para-hydroxylation sites is 1. The van der Waals surface area contributed by atoms with E-state index < -0.39 is 0 Å². The minimum absolute atomic E-state index is 0.0834. The van der Waals surface area contributed by atoms with E-state index >= 15 is 0 Å². The highest BCUT2D eigenvalue weighted by Crippen LogP contribution is 2.25. The topological polar surface area (TPSA) is 38.0 Å². The van der Waals surface area contributed by atoms with Gasteiger partial charge < -0.3 is 5.11 Å². The smallest absolute Gasteiger partial charge is 0.136 e. The summed E-state index contributed by atoms with van der Waals surface area (Å²) in [6.45, 7) is 4.01. The molecule has 17 heavy (non-hydrogen) atoms. The Morgan fingerprint density at radius 3 is 2.65 bits per heavy atom. The van der Waals surface area contributed by atoms with Crippen molar-refractivity contribution in [3.63, 3.8) is 0 Å². The predicted molar refractivity (Wildman–Crippen MR) is 68.8 cm³/mol. The standard InChI is InChI=1S/C13H15ClN2O/c1-9-5-3-4-6-12(9)16-13(14)11(7-8-17)10(2)15-16/h3-6,17H,7-8H2,1-2H3. The lowest BCUT2D eigenvalue weighted by Gasteiger charge is -2.06. The van der Waals surface area contributed by atoms with Crippen LogP contribution in [-0.2, 0) is 6.42 Å². The van der Waals surface area contributed by atoms with Gasteiger partial charge in [0, 0.05) is 18.6 Å². The molecule has 2 aromatic rings. The number of benzene rings is 1. The first-order valence-electron chi connectivity index (χ1n) is 5.56. The Bertz CT molecular complexity index is 534. The van der Waals surface area contributed by atoms with Crippen LogP contribution in [0.5, 0.6) is 0 Å². The Balaban J connectivity index is 2.54. The van der Waals surface area contributed by atoms with Crippen LogP contribution in [0.15, 0.2) is 24.3 Å². The van der Waals surface area contributed by atoms with Gasteiger partial charge in [-0.25, -0.2) is 4.68 Å². The van der Waals surface area contributed by atoms with Crippen molar-refractivity contribution in [3.8, 4) is 5.69 Å². The van der Waals surface area contributed by atoms with Crippen molar-refractivity contribution >= 4 is 11.6 Å². The number of aliphatic hydroxyl groups is 1. The summed E-state index contributed by atoms with van der Waals surface area (Å²) in [5.41, 5.74) is 3.88. The van der Waals surface area contributed by atoms with Crippen LogP contribution in [0.3, 0.4) is 0 Å². The Morgan fingerprint density at radius 2 is 2.00 bits per heavy atom. The zero-order valence-corrected chi connectivity index (χ0v) is 10.7. The van der Waals surface area contributed by atoms with E-state index in [1.807, 2.05) is 38.1 Å². The zero-order chi connectivity index (χ0) is 12.4. The first-order chi connectivity index (χ1) is 8.15. The molecule has 0 aliphatic heterocycles. The van der Waals surface area contributed by atoms with Gasteiger partial charge in [0.05, 0.1) is 11.4 Å². The quantitative estimate of drug-likeness (QED) is 0.910. The maximum absolute atomic E-state index is 9.01. The van der Waals surface area contributed by atoms with Crippen molar-refractivity contribution in [2.75, 3.05) is 6.61 Å². The highest BCUT2D eigenvalue weighted by molar-refractivity contribution is 6.30. The second-order valence-corrected chi connectivity index (χ2v) is 4.38. The molecule has 0 saturated carbocycles. The molecule has 0 unspecified atom stereocenters. The molecule has 0 spiro atoms. The lowest BCUT2D eigenvalue weighted by Crippen LogP contribution is -1.99. The lowest BCUT2D eigenvalue weighted by molar-refractivity contribution is 0.299. The summed E-state index contributed by atoms with van der Waals surface area (Å²) in [4.78, 5) is 0. The molecule has 0 saturated heterocycles. The highest BCUT2D eigenvalue weighted by atomic mass is 35.5. The van der Waals surface area contributed by atoms with Gasteiger partial charge in [-0.05, 0) is 25.5 Å². The second kappa shape index (κ2) is 4.90. The molecule has 1 N–H and O–H groups in total. The summed E-state index contributed by atoms with van der Waals surface area (Å²) in [7, 11) is 0. The first-order valence-corrected chi connectivity index (χ1v) is 5.93. The van der Waals surface area contributed by atoms with Crippen molar-refractivity contribution in [2.45, 2.75) is 20.3 Å². The fourth-order valence-electron chi connectivity index (χ4n) is 1.89. The van der Waals surface area contributed by atoms with E-state index in [4.69, 9.17) is 16.7 Å². The van der Waals surface area contributed by atoms with Crippen molar-refractivity contribution in [2.24, 2.45) is 0 Å². The molecular weight excluding hydrogens is 236 g/mol. The van der Waals surface area contributed by atoms with Gasteiger partial charge in [-0.15, -0.1) is 0 Å². The normalized spacial score (nSPS) is 10.8. The Kier molecular flexibility index (Phi) is 3.50. The summed E-state index contributed by atoms with van der Waals surface area (Å²) < 4.78 is 1.73. The molecule has 0 fully saturated rings. The molecule has 0 radical (unpaired) electrons. The van der Waals surface area contributed by atoms with Gasteiger partial charge in [-0.3, -0.25) is 0 Å². The zero-order valence-electron chi connectivity index (χ0n) is 9.94. The van der Waals surface area contributed by atoms with Crippen LogP contribution in [0.4, 0.5) is 0 Å². The van der Waals surface area contributed by atoms with Crippen molar-refractivity contribution in [1.29, 1.82) is 0 Å². The summed E-state index contributed by atoms with van der Waals surface area (Å²) in [6, 6.07) is 7.95. The Morgan fingerprint density at radius 1 is 1.29 bits per heavy atom. The molecule has 3 nitrogen and oxygen atoms in total. The van der Waals surface area contributed by atoms with Crippen molar-refractivity contribution < 1.29 is 5.11 Å². The number of rotatable bonds is 3. The molecule has 2 rings (SSSR count). The maximum atomic E-state index is 9.01. The Labute approximate surface area is 106 Å². The first kappa shape index (κ1) is 12.1. The van der Waals surface area contributed by atoms with E-state index in [-0.39, 0.29) is 6.61 Å². The fraction of sp³-hybridized carbons (Fsp3) is 0.308. The van der Waals surface area contributed by atoms with Gasteiger partial charge in [0.15, 0.2) is 0 Å². The van der Waals surface area contributed by atoms with E-state index in [2.05, 4.69) is 5.10 Å². The average Bonchev–Trinajstić information content (AvgIpc) is 2.58. The van der Waals surface area contributed by atoms with Crippen molar-refractivity contribution in [1.82, 2.24) is 9.78 Å². The van der Waals surface area contributed by atoms with Crippen LogP contribution in [0.25, 0.3) is 5.69 Å². The number of aliphatic hydroxyl groups excluding tert-OH is 1. The molecule has 1 heterocycles. The number of nitrogens with zero attached hydrogens (tertiary/aromatic N) is 2. The van der Waals surface area contributed by atoms with E-state index in [1.165, 1.54) is 0 Å². The third-order valence-electron chi connectivity index (χ3n) is 2.83. The molecule has 1 aromatic carbocycles. The highest BCUT2D eigenvalue weighted by Gasteiger charge is 2.14. The minimum atomic E-state index is 0.0834. The van der Waals surface area contributed by atoms with Gasteiger partial charge in [0.1, 0.15) is 5.15 Å². The largest absolute Gasteiger partial charge is 0.396 e. The lowest BCUT2D eigenvalue weighted by atomic mass is 10.2. The molecule has 90 valence electrons. The molecule has 0 bridgehead atoms. The number of hydrogen-bond acceptors (Lipinski definition) is 2. The third kappa shape index (κ3) is 2.21. The molecule has 1 aromatic heterocycles. The molecule has 4 heteroatoms. The summed E-state index contributed by atoms with van der Waals surface area (Å²) in [6.07, 6.45) is 0.538. The summed E-state index contributed by atoms with van der Waals surface area (Å²) in [5, 5.41) is 14.0. The summed E-state index contributed by atoms with van der Waals surface area (Å²) >= 11 is 6.30. The van der Waals surface area contributed by atoms with Crippen LogP contribution in [-0.4, -0.2) is 21.5 Å². The second-order valence-electron chi connectivity index (χ2n) is 4.03. The van der Waals surface area contributed by atoms with Crippen LogP contribution >= 0.6 is 11.6 Å². The Hall–Kier alpha value is -1.32. The van der Waals surface area contributed by atoms with Gasteiger partial charge in [-0.1, -0.05) is 29.8 Å². The maximum Gasteiger partial charge on any atom is 0.136 e. The number of hydrogen-bond donors (Lipinski definition) is 1. The molecule has 0 atom stereocenters. The number of halogens is 1. The summed E-state index contributed by atoms with van der Waals surface area (Å²) in [5.74, 6) is 0. The van der Waals surface area contributed by atoms with Gasteiger partial charge in [0.25, 0.3) is 0 Å². The van der Waals surface area contributed by atoms with Crippen molar-refractivity contribution in [3.05, 3.63) is 46.2 Å². The molecule has 0 amide bonds. The number of aryl methyl sites for hydroxylation is 2. The van der Waals surface area contributed by atoms with E-state index in [9.17, 15) is 0 Å². The fourth-order valence-corrected chi connectivity index (χ4v) is 2.25. The SMILES string of the molecule is Cc1ccccc1-n1nc(C)c(CCO)c1Cl. The monoisotopic (exact) mass is 250 g/mol. The number of aromatic nitrogens is 2. The predicted octanol–water partition coefficient (Wildman–Crippen LogP) is 2.68. The van der Waals surface area contributed by atoms with Crippen LogP contribution < -0.4 is 0 Å². The van der Waals surface area contributed by atoms with Crippen LogP contribution in [0.1, 0.15) is 16.8 Å².